The number of aliphatic hydroxyl groups is 1. The van der Waals surface area contributed by atoms with E-state index in [2.05, 4.69) is 10.5 Å². The van der Waals surface area contributed by atoms with E-state index < -0.39 is 0 Å². The van der Waals surface area contributed by atoms with Crippen molar-refractivity contribution in [3.63, 3.8) is 0 Å². The predicted molar refractivity (Wildman–Crippen MR) is 65.7 cm³/mol. The number of aliphatic hydroxyl groups excluding tert-OH is 1. The van der Waals surface area contributed by atoms with Crippen LogP contribution in [0.25, 0.3) is 0 Å². The molecule has 0 aliphatic heterocycles. The van der Waals surface area contributed by atoms with E-state index in [1.165, 1.54) is 12.8 Å². The largest absolute Gasteiger partial charge is 0.392 e. The molecule has 2 unspecified atom stereocenters. The molecule has 2 atom stereocenters. The summed E-state index contributed by atoms with van der Waals surface area (Å²) in [5.41, 5.74) is 2.07. The van der Waals surface area contributed by atoms with Crippen LogP contribution in [0.3, 0.4) is 0 Å². The summed E-state index contributed by atoms with van der Waals surface area (Å²) < 4.78 is 5.13. The molecule has 1 aliphatic rings. The van der Waals surface area contributed by atoms with E-state index in [1.807, 2.05) is 13.8 Å². The van der Waals surface area contributed by atoms with E-state index in [0.29, 0.717) is 0 Å². The highest BCUT2D eigenvalue weighted by atomic mass is 16.5. The zero-order valence-corrected chi connectivity index (χ0v) is 10.7. The van der Waals surface area contributed by atoms with Crippen LogP contribution < -0.4 is 5.32 Å². The number of nitrogens with one attached hydrogen (secondary N) is 1. The van der Waals surface area contributed by atoms with Crippen molar-refractivity contribution in [3.05, 3.63) is 17.0 Å². The van der Waals surface area contributed by atoms with Gasteiger partial charge in [0.25, 0.3) is 0 Å². The summed E-state index contributed by atoms with van der Waals surface area (Å²) in [5, 5.41) is 17.4. The van der Waals surface area contributed by atoms with Crippen LogP contribution in [0.5, 0.6) is 0 Å². The van der Waals surface area contributed by atoms with Crippen LogP contribution in [-0.4, -0.2) is 22.4 Å². The molecular weight excluding hydrogens is 216 g/mol. The van der Waals surface area contributed by atoms with Crippen LogP contribution in [0, 0.1) is 13.8 Å². The summed E-state index contributed by atoms with van der Waals surface area (Å²) in [5.74, 6) is 0.873. The van der Waals surface area contributed by atoms with E-state index in [4.69, 9.17) is 4.52 Å². The van der Waals surface area contributed by atoms with Gasteiger partial charge in [0, 0.05) is 18.2 Å². The van der Waals surface area contributed by atoms with Gasteiger partial charge >= 0.3 is 0 Å². The number of hydrogen-bond donors (Lipinski definition) is 2. The second-order valence-electron chi connectivity index (χ2n) is 5.00. The van der Waals surface area contributed by atoms with Crippen LogP contribution in [0.1, 0.15) is 49.1 Å². The lowest BCUT2D eigenvalue weighted by atomic mass is 10.1. The van der Waals surface area contributed by atoms with Crippen molar-refractivity contribution < 1.29 is 9.63 Å². The fourth-order valence-electron chi connectivity index (χ4n) is 2.51. The van der Waals surface area contributed by atoms with Crippen molar-refractivity contribution in [1.82, 2.24) is 10.5 Å². The maximum atomic E-state index is 10.0. The van der Waals surface area contributed by atoms with Gasteiger partial charge in [-0.1, -0.05) is 24.4 Å². The molecule has 0 radical (unpaired) electrons. The normalized spacial score (nSPS) is 25.8. The molecule has 1 heterocycles. The predicted octanol–water partition coefficient (Wildman–Crippen LogP) is 2.07. The van der Waals surface area contributed by atoms with E-state index in [1.54, 1.807) is 0 Å². The molecule has 1 aromatic heterocycles. The third-order valence-corrected chi connectivity index (χ3v) is 3.70. The Morgan fingerprint density at radius 3 is 2.76 bits per heavy atom. The van der Waals surface area contributed by atoms with Crippen molar-refractivity contribution in [1.29, 1.82) is 0 Å². The van der Waals surface area contributed by atoms with Crippen molar-refractivity contribution in [2.24, 2.45) is 0 Å². The van der Waals surface area contributed by atoms with Gasteiger partial charge in [-0.15, -0.1) is 0 Å². The molecule has 0 spiro atoms. The third kappa shape index (κ3) is 3.07. The average Bonchev–Trinajstić information content (AvgIpc) is 2.52. The van der Waals surface area contributed by atoms with Gasteiger partial charge < -0.3 is 14.9 Å². The highest BCUT2D eigenvalue weighted by Crippen LogP contribution is 2.19. The smallest absolute Gasteiger partial charge is 0.138 e. The molecule has 0 amide bonds. The van der Waals surface area contributed by atoms with Crippen molar-refractivity contribution in [2.45, 2.75) is 64.6 Å². The van der Waals surface area contributed by atoms with Crippen molar-refractivity contribution in [2.75, 3.05) is 0 Å². The first-order chi connectivity index (χ1) is 8.18. The number of aryl methyl sites for hydroxylation is 2. The molecule has 0 aromatic carbocycles. The Balaban J connectivity index is 1.92. The number of hydrogen-bond acceptors (Lipinski definition) is 4. The molecule has 1 aliphatic carbocycles. The van der Waals surface area contributed by atoms with Gasteiger partial charge in [0.1, 0.15) is 5.76 Å². The standard InChI is InChI=1S/C13H22N2O2/c1-9-11(10(2)17-15-9)8-14-12-6-4-3-5-7-13(12)16/h12-14,16H,3-8H2,1-2H3. The van der Waals surface area contributed by atoms with E-state index >= 15 is 0 Å². The van der Waals surface area contributed by atoms with Crippen LogP contribution in [0.4, 0.5) is 0 Å². The van der Waals surface area contributed by atoms with Gasteiger partial charge in [-0.05, 0) is 26.7 Å². The lowest BCUT2D eigenvalue weighted by molar-refractivity contribution is 0.119. The van der Waals surface area contributed by atoms with E-state index in [-0.39, 0.29) is 12.1 Å². The van der Waals surface area contributed by atoms with Crippen LogP contribution in [0.2, 0.25) is 0 Å². The zero-order valence-electron chi connectivity index (χ0n) is 10.7. The first kappa shape index (κ1) is 12.6. The zero-order chi connectivity index (χ0) is 12.3. The molecule has 17 heavy (non-hydrogen) atoms. The highest BCUT2D eigenvalue weighted by Gasteiger charge is 2.21. The van der Waals surface area contributed by atoms with Crippen molar-refractivity contribution >= 4 is 0 Å². The topological polar surface area (TPSA) is 58.3 Å². The molecule has 0 bridgehead atoms. The molecule has 96 valence electrons. The summed E-state index contributed by atoms with van der Waals surface area (Å²) in [4.78, 5) is 0. The van der Waals surface area contributed by atoms with Crippen LogP contribution in [0.15, 0.2) is 4.52 Å². The first-order valence-electron chi connectivity index (χ1n) is 6.51. The van der Waals surface area contributed by atoms with Gasteiger partial charge in [-0.3, -0.25) is 0 Å². The average molecular weight is 238 g/mol. The van der Waals surface area contributed by atoms with E-state index in [0.717, 1.165) is 42.8 Å². The van der Waals surface area contributed by atoms with Gasteiger partial charge in [0.05, 0.1) is 11.8 Å². The summed E-state index contributed by atoms with van der Waals surface area (Å²) >= 11 is 0. The molecule has 1 saturated carbocycles. The number of nitrogens with zero attached hydrogens (tertiary/aromatic N) is 1. The van der Waals surface area contributed by atoms with Crippen LogP contribution >= 0.6 is 0 Å². The first-order valence-corrected chi connectivity index (χ1v) is 6.51. The monoisotopic (exact) mass is 238 g/mol. The molecule has 4 nitrogen and oxygen atoms in total. The molecule has 4 heteroatoms. The summed E-state index contributed by atoms with van der Waals surface area (Å²) in [6, 6.07) is 0.214. The molecular formula is C13H22N2O2. The number of aromatic nitrogens is 1. The fraction of sp³-hybridized carbons (Fsp3) is 0.769. The maximum absolute atomic E-state index is 10.0. The molecule has 0 saturated heterocycles. The summed E-state index contributed by atoms with van der Waals surface area (Å²) in [7, 11) is 0. The van der Waals surface area contributed by atoms with Crippen LogP contribution in [-0.2, 0) is 6.54 Å². The highest BCUT2D eigenvalue weighted by molar-refractivity contribution is 5.20. The quantitative estimate of drug-likeness (QED) is 0.791. The molecule has 1 fully saturated rings. The Morgan fingerprint density at radius 1 is 1.29 bits per heavy atom. The van der Waals surface area contributed by atoms with Gasteiger partial charge in [-0.25, -0.2) is 0 Å². The molecule has 1 aromatic rings. The summed E-state index contributed by atoms with van der Waals surface area (Å²) in [6.45, 7) is 4.63. The lowest BCUT2D eigenvalue weighted by Crippen LogP contribution is -2.38. The van der Waals surface area contributed by atoms with Gasteiger partial charge in [0.2, 0.25) is 0 Å². The second-order valence-corrected chi connectivity index (χ2v) is 5.00. The lowest BCUT2D eigenvalue weighted by Gasteiger charge is -2.21. The minimum atomic E-state index is -0.210. The Hall–Kier alpha value is -0.870. The third-order valence-electron chi connectivity index (χ3n) is 3.70. The van der Waals surface area contributed by atoms with Gasteiger partial charge in [-0.2, -0.15) is 0 Å². The second kappa shape index (κ2) is 5.65. The van der Waals surface area contributed by atoms with Crippen molar-refractivity contribution in [3.8, 4) is 0 Å². The number of rotatable bonds is 3. The SMILES string of the molecule is Cc1noc(C)c1CNC1CCCCCC1O. The minimum absolute atomic E-state index is 0.210. The minimum Gasteiger partial charge on any atom is -0.392 e. The molecule has 2 N–H and O–H groups in total. The summed E-state index contributed by atoms with van der Waals surface area (Å²) in [6.07, 6.45) is 5.35. The Kier molecular flexibility index (Phi) is 4.18. The Morgan fingerprint density at radius 2 is 2.06 bits per heavy atom. The van der Waals surface area contributed by atoms with Gasteiger partial charge in [0.15, 0.2) is 0 Å². The molecule has 2 rings (SSSR count). The maximum Gasteiger partial charge on any atom is 0.138 e. The Labute approximate surface area is 102 Å². The fourth-order valence-corrected chi connectivity index (χ4v) is 2.51. The Bertz CT molecular complexity index is 343. The van der Waals surface area contributed by atoms with E-state index in [9.17, 15) is 5.11 Å².